The quantitative estimate of drug-likeness (QED) is 0.180. The molecular weight excluding hydrogens is 633 g/mol. The van der Waals surface area contributed by atoms with Crippen molar-refractivity contribution in [3.63, 3.8) is 0 Å². The minimum Gasteiger partial charge on any atom is -0.869 e. The molecule has 0 saturated carbocycles. The Morgan fingerprint density at radius 3 is 1.47 bits per heavy atom. The van der Waals surface area contributed by atoms with Gasteiger partial charge >= 0.3 is 5.97 Å². The van der Waals surface area contributed by atoms with E-state index in [1.54, 1.807) is 13.8 Å². The predicted molar refractivity (Wildman–Crippen MR) is 187 cm³/mol. The minimum atomic E-state index is -1.30. The number of aromatic carboxylic acids is 1. The summed E-state index contributed by atoms with van der Waals surface area (Å²) < 4.78 is 0. The van der Waals surface area contributed by atoms with Crippen molar-refractivity contribution in [1.29, 1.82) is 0 Å². The van der Waals surface area contributed by atoms with Gasteiger partial charge in [-0.3, -0.25) is 9.98 Å². The monoisotopic (exact) mass is 679 g/mol. The molecule has 0 saturated heterocycles. The van der Waals surface area contributed by atoms with Gasteiger partial charge in [-0.15, -0.1) is 0 Å². The molecule has 2 N–H and O–H groups in total. The number of benzene rings is 3. The Labute approximate surface area is 289 Å². The third kappa shape index (κ3) is 9.62. The van der Waals surface area contributed by atoms with Crippen molar-refractivity contribution >= 4 is 28.8 Å². The Bertz CT molecular complexity index is 1690. The first-order valence-corrected chi connectivity index (χ1v) is 15.7. The molecule has 0 unspecified atom stereocenters. The molecule has 8 heteroatoms. The van der Waals surface area contributed by atoms with Gasteiger partial charge in [-0.05, 0) is 91.5 Å². The number of carboxylic acids is 1. The first-order chi connectivity index (χ1) is 21.6. The summed E-state index contributed by atoms with van der Waals surface area (Å²) in [5, 5.41) is 29.2. The van der Waals surface area contributed by atoms with Crippen LogP contribution in [0.15, 0.2) is 76.7 Å². The van der Waals surface area contributed by atoms with Gasteiger partial charge in [-0.25, -0.2) is 9.78 Å². The summed E-state index contributed by atoms with van der Waals surface area (Å²) in [7, 11) is 0. The molecule has 7 nitrogen and oxygen atoms in total. The molecule has 3 aromatic carbocycles. The average molecular weight is 680 g/mol. The van der Waals surface area contributed by atoms with Crippen LogP contribution in [0.3, 0.4) is 0 Å². The van der Waals surface area contributed by atoms with Gasteiger partial charge in [0, 0.05) is 16.8 Å². The Morgan fingerprint density at radius 2 is 1.09 bits per heavy atom. The van der Waals surface area contributed by atoms with Crippen LogP contribution in [0.25, 0.3) is 0 Å². The van der Waals surface area contributed by atoms with E-state index in [0.717, 1.165) is 34.2 Å². The molecule has 47 heavy (non-hydrogen) atoms. The molecule has 4 rings (SSSR count). The summed E-state index contributed by atoms with van der Waals surface area (Å²) in [6.07, 6.45) is 0. The molecule has 0 aliphatic rings. The second-order valence-electron chi connectivity index (χ2n) is 12.5. The molecule has 1 aromatic heterocycles. The molecule has 0 aliphatic heterocycles. The molecule has 0 bridgehead atoms. The summed E-state index contributed by atoms with van der Waals surface area (Å²) in [6, 6.07) is 21.6. The van der Waals surface area contributed by atoms with E-state index in [9.17, 15) is 9.90 Å². The van der Waals surface area contributed by atoms with E-state index >= 15 is 0 Å². The van der Waals surface area contributed by atoms with Crippen LogP contribution in [0.5, 0.6) is 11.5 Å². The Morgan fingerprint density at radius 1 is 0.681 bits per heavy atom. The second kappa shape index (κ2) is 17.0. The van der Waals surface area contributed by atoms with Crippen LogP contribution >= 0.6 is 0 Å². The fourth-order valence-corrected chi connectivity index (χ4v) is 5.18. The third-order valence-corrected chi connectivity index (χ3v) is 7.84. The van der Waals surface area contributed by atoms with Crippen LogP contribution in [0.4, 0.5) is 11.4 Å². The van der Waals surface area contributed by atoms with Crippen LogP contribution in [0, 0.1) is 13.8 Å². The van der Waals surface area contributed by atoms with E-state index < -0.39 is 17.5 Å². The van der Waals surface area contributed by atoms with E-state index in [1.807, 2.05) is 32.0 Å². The summed E-state index contributed by atoms with van der Waals surface area (Å²) in [5.41, 5.74) is 10.7. The standard InChI is InChI=1S/C29H35N3.C10H12O4.Co/c1-18(2)24-14-9-12-20(5)28(24)30-22(7)26-16-11-17-27(32-26)23(8)31-29-21(6)13-10-15-25(29)19(3)4;1-5(2)6-3-4-7(11)9(12)8(6)10(13)14;/h9-19H,1-8H3;3-5,11-12H,1-2H3,(H,13,14);/p-1. The van der Waals surface area contributed by atoms with E-state index in [1.165, 1.54) is 34.4 Å². The Kier molecular flexibility index (Phi) is 14.1. The SMILES string of the molecule is CC(=Nc1c(C)cccc1C(C)C)c1cccc(C(C)=Nc2c(C)cccc2C(C)C)n1.CC(C)c1ccc(O)c([O-])c1C(=O)O.[Co]. The largest absolute Gasteiger partial charge is 0.869 e. The van der Waals surface area contributed by atoms with Gasteiger partial charge in [0.2, 0.25) is 0 Å². The number of nitrogens with zero attached hydrogens (tertiary/aromatic N) is 3. The van der Waals surface area contributed by atoms with Gasteiger partial charge in [-0.2, -0.15) is 0 Å². The van der Waals surface area contributed by atoms with Crippen LogP contribution in [0.2, 0.25) is 0 Å². The molecule has 251 valence electrons. The van der Waals surface area contributed by atoms with Crippen molar-refractivity contribution in [2.45, 2.75) is 87.0 Å². The van der Waals surface area contributed by atoms with Crippen molar-refractivity contribution in [3.05, 3.63) is 111 Å². The molecule has 0 amide bonds. The number of hydrogen-bond acceptors (Lipinski definition) is 6. The van der Waals surface area contributed by atoms with Gasteiger partial charge in [0.25, 0.3) is 0 Å². The van der Waals surface area contributed by atoms with Crippen molar-refractivity contribution in [2.24, 2.45) is 9.98 Å². The summed E-state index contributed by atoms with van der Waals surface area (Å²) in [6.45, 7) is 20.7. The number of para-hydroxylation sites is 2. The summed E-state index contributed by atoms with van der Waals surface area (Å²) >= 11 is 0. The molecule has 0 atom stereocenters. The Balaban J connectivity index is 0.000000431. The number of phenols is 1. The second-order valence-corrected chi connectivity index (χ2v) is 12.5. The molecular formula is C39H46CoN3O4-. The van der Waals surface area contributed by atoms with Gasteiger partial charge in [0.15, 0.2) is 0 Å². The number of phenolic OH excluding ortho intramolecular Hbond substituents is 1. The molecule has 0 aliphatic carbocycles. The number of carbonyl (C=O) groups is 1. The zero-order chi connectivity index (χ0) is 34.3. The van der Waals surface area contributed by atoms with Crippen LogP contribution < -0.4 is 5.11 Å². The summed E-state index contributed by atoms with van der Waals surface area (Å²) in [4.78, 5) is 25.7. The van der Waals surface area contributed by atoms with E-state index in [2.05, 4.69) is 77.9 Å². The first-order valence-electron chi connectivity index (χ1n) is 15.7. The topological polar surface area (TPSA) is 118 Å². The normalized spacial score (nSPS) is 11.8. The van der Waals surface area contributed by atoms with Crippen molar-refractivity contribution in [2.75, 3.05) is 0 Å². The maximum atomic E-state index is 11.3. The van der Waals surface area contributed by atoms with E-state index in [4.69, 9.17) is 25.2 Å². The molecule has 1 radical (unpaired) electrons. The molecule has 1 heterocycles. The predicted octanol–water partition coefficient (Wildman–Crippen LogP) is 9.51. The zero-order valence-corrected chi connectivity index (χ0v) is 30.0. The molecule has 0 spiro atoms. The van der Waals surface area contributed by atoms with Gasteiger partial charge in [-0.1, -0.05) is 95.8 Å². The number of rotatable bonds is 8. The minimum absolute atomic E-state index is 0. The fourth-order valence-electron chi connectivity index (χ4n) is 5.18. The van der Waals surface area contributed by atoms with Crippen LogP contribution in [-0.4, -0.2) is 32.6 Å². The Hall–Kier alpha value is -4.27. The number of hydrogen-bond donors (Lipinski definition) is 2. The fraction of sp³-hybridized carbons (Fsp3) is 0.333. The number of aryl methyl sites for hydroxylation is 2. The third-order valence-electron chi connectivity index (χ3n) is 7.84. The van der Waals surface area contributed by atoms with Crippen molar-refractivity contribution in [3.8, 4) is 11.5 Å². The maximum absolute atomic E-state index is 11.3. The van der Waals surface area contributed by atoms with Crippen molar-refractivity contribution in [1.82, 2.24) is 4.98 Å². The van der Waals surface area contributed by atoms with E-state index in [-0.39, 0.29) is 28.3 Å². The molecule has 4 aromatic rings. The number of aromatic hydroxyl groups is 1. The van der Waals surface area contributed by atoms with Crippen molar-refractivity contribution < 1.29 is 36.9 Å². The maximum Gasteiger partial charge on any atom is 0.335 e. The van der Waals surface area contributed by atoms with E-state index in [0.29, 0.717) is 17.4 Å². The first kappa shape index (κ1) is 38.9. The number of aliphatic imine (C=N–C) groups is 2. The number of carboxylic acid groups (broad SMARTS) is 1. The zero-order valence-electron chi connectivity index (χ0n) is 29.0. The van der Waals surface area contributed by atoms with Crippen LogP contribution in [0.1, 0.15) is 123 Å². The molecule has 0 fully saturated rings. The van der Waals surface area contributed by atoms with Gasteiger partial charge in [0.05, 0.1) is 39.7 Å². The number of pyridine rings is 1. The summed E-state index contributed by atoms with van der Waals surface area (Å²) in [5.74, 6) is -1.86. The van der Waals surface area contributed by atoms with Crippen LogP contribution in [-0.2, 0) is 16.8 Å². The smallest absolute Gasteiger partial charge is 0.335 e. The average Bonchev–Trinajstić information content (AvgIpc) is 3.00. The van der Waals surface area contributed by atoms with Gasteiger partial charge < -0.3 is 15.3 Å². The van der Waals surface area contributed by atoms with Gasteiger partial charge in [0.1, 0.15) is 5.75 Å². The number of aromatic nitrogens is 1.